The minimum Gasteiger partial charge on any atom is -0.293 e. The normalized spacial score (nSPS) is 9.92. The molecule has 64 valence electrons. The van der Waals surface area contributed by atoms with Gasteiger partial charge >= 0.3 is 0 Å². The SMILES string of the molecule is O=C(CCl)c1cccc(F)c1F. The molecule has 0 radical (unpaired) electrons. The lowest BCUT2D eigenvalue weighted by molar-refractivity contribution is 0.101. The Bertz CT molecular complexity index is 312. The van der Waals surface area contributed by atoms with E-state index in [1.54, 1.807) is 0 Å². The van der Waals surface area contributed by atoms with Crippen LogP contribution in [0.3, 0.4) is 0 Å². The lowest BCUT2D eigenvalue weighted by atomic mass is 10.1. The summed E-state index contributed by atoms with van der Waals surface area (Å²) in [7, 11) is 0. The molecule has 1 aromatic carbocycles. The van der Waals surface area contributed by atoms with Crippen molar-refractivity contribution in [3.63, 3.8) is 0 Å². The zero-order chi connectivity index (χ0) is 9.14. The zero-order valence-electron chi connectivity index (χ0n) is 5.98. The van der Waals surface area contributed by atoms with Gasteiger partial charge in [0.1, 0.15) is 0 Å². The third kappa shape index (κ3) is 1.61. The van der Waals surface area contributed by atoms with Crippen LogP contribution in [-0.4, -0.2) is 11.7 Å². The van der Waals surface area contributed by atoms with Crippen LogP contribution in [0.25, 0.3) is 0 Å². The van der Waals surface area contributed by atoms with Gasteiger partial charge in [-0.05, 0) is 12.1 Å². The molecule has 1 aromatic rings. The molecule has 4 heteroatoms. The molecule has 0 aliphatic carbocycles. The molecule has 0 bridgehead atoms. The molecule has 0 atom stereocenters. The highest BCUT2D eigenvalue weighted by atomic mass is 35.5. The van der Waals surface area contributed by atoms with Gasteiger partial charge in [-0.2, -0.15) is 0 Å². The van der Waals surface area contributed by atoms with Crippen LogP contribution in [0.1, 0.15) is 10.4 Å². The lowest BCUT2D eigenvalue weighted by Gasteiger charge is -1.98. The lowest BCUT2D eigenvalue weighted by Crippen LogP contribution is -2.04. The predicted molar refractivity (Wildman–Crippen MR) is 41.4 cm³/mol. The van der Waals surface area contributed by atoms with Gasteiger partial charge in [0.15, 0.2) is 17.4 Å². The fraction of sp³-hybridized carbons (Fsp3) is 0.125. The van der Waals surface area contributed by atoms with Crippen LogP contribution >= 0.6 is 11.6 Å². The standard InChI is InChI=1S/C8H5ClF2O/c9-4-7(12)5-2-1-3-6(10)8(5)11/h1-3H,4H2. The van der Waals surface area contributed by atoms with E-state index in [0.29, 0.717) is 0 Å². The highest BCUT2D eigenvalue weighted by molar-refractivity contribution is 6.30. The van der Waals surface area contributed by atoms with E-state index in [1.165, 1.54) is 12.1 Å². The van der Waals surface area contributed by atoms with Gasteiger partial charge in [0.05, 0.1) is 11.4 Å². The molecule has 0 N–H and O–H groups in total. The van der Waals surface area contributed by atoms with E-state index in [2.05, 4.69) is 0 Å². The number of rotatable bonds is 2. The average molecular weight is 191 g/mol. The molecule has 0 aromatic heterocycles. The Kier molecular flexibility index (Phi) is 2.76. The van der Waals surface area contributed by atoms with Gasteiger partial charge in [-0.25, -0.2) is 8.78 Å². The van der Waals surface area contributed by atoms with Gasteiger partial charge in [-0.1, -0.05) is 6.07 Å². The maximum Gasteiger partial charge on any atom is 0.180 e. The van der Waals surface area contributed by atoms with Crippen molar-refractivity contribution in [3.05, 3.63) is 35.4 Å². The summed E-state index contributed by atoms with van der Waals surface area (Å²) >= 11 is 5.17. The summed E-state index contributed by atoms with van der Waals surface area (Å²) in [5.74, 6) is -3.14. The van der Waals surface area contributed by atoms with Crippen molar-refractivity contribution in [1.29, 1.82) is 0 Å². The molecular formula is C8H5ClF2O. The maximum absolute atomic E-state index is 12.8. The molecule has 1 rings (SSSR count). The first-order chi connectivity index (χ1) is 5.66. The number of benzene rings is 1. The van der Waals surface area contributed by atoms with Crippen molar-refractivity contribution in [2.24, 2.45) is 0 Å². The van der Waals surface area contributed by atoms with E-state index >= 15 is 0 Å². The van der Waals surface area contributed by atoms with E-state index in [0.717, 1.165) is 6.07 Å². The molecule has 0 heterocycles. The van der Waals surface area contributed by atoms with Crippen LogP contribution in [0.15, 0.2) is 18.2 Å². The quantitative estimate of drug-likeness (QED) is 0.517. The molecule has 0 spiro atoms. The highest BCUT2D eigenvalue weighted by Crippen LogP contribution is 2.12. The monoisotopic (exact) mass is 190 g/mol. The number of hydrogen-bond acceptors (Lipinski definition) is 1. The van der Waals surface area contributed by atoms with E-state index in [1.807, 2.05) is 0 Å². The first-order valence-electron chi connectivity index (χ1n) is 3.20. The Morgan fingerprint density at radius 1 is 1.42 bits per heavy atom. The first kappa shape index (κ1) is 9.13. The molecule has 12 heavy (non-hydrogen) atoms. The third-order valence-electron chi connectivity index (χ3n) is 1.37. The van der Waals surface area contributed by atoms with Crippen molar-refractivity contribution in [1.82, 2.24) is 0 Å². The van der Waals surface area contributed by atoms with E-state index in [9.17, 15) is 13.6 Å². The molecule has 0 aliphatic heterocycles. The molecule has 0 aliphatic rings. The van der Waals surface area contributed by atoms with Crippen LogP contribution < -0.4 is 0 Å². The van der Waals surface area contributed by atoms with Crippen molar-refractivity contribution < 1.29 is 13.6 Å². The Labute approximate surface area is 73.0 Å². The molecular weight excluding hydrogens is 186 g/mol. The van der Waals surface area contributed by atoms with Crippen LogP contribution in [0, 0.1) is 11.6 Å². The van der Waals surface area contributed by atoms with E-state index in [-0.39, 0.29) is 11.4 Å². The van der Waals surface area contributed by atoms with Gasteiger partial charge < -0.3 is 0 Å². The Morgan fingerprint density at radius 3 is 2.67 bits per heavy atom. The summed E-state index contributed by atoms with van der Waals surface area (Å²) in [6.07, 6.45) is 0. The molecule has 0 amide bonds. The highest BCUT2D eigenvalue weighted by Gasteiger charge is 2.13. The van der Waals surface area contributed by atoms with Gasteiger partial charge in [-0.15, -0.1) is 11.6 Å². The van der Waals surface area contributed by atoms with Gasteiger partial charge in [0, 0.05) is 0 Å². The molecule has 0 saturated heterocycles. The summed E-state index contributed by atoms with van der Waals surface area (Å²) in [6.45, 7) is 0. The van der Waals surface area contributed by atoms with Crippen LogP contribution in [0.5, 0.6) is 0 Å². The van der Waals surface area contributed by atoms with Gasteiger partial charge in [-0.3, -0.25) is 4.79 Å². The Morgan fingerprint density at radius 2 is 2.08 bits per heavy atom. The number of ketones is 1. The number of carbonyl (C=O) groups excluding carboxylic acids is 1. The summed E-state index contributed by atoms with van der Waals surface area (Å²) in [4.78, 5) is 10.8. The topological polar surface area (TPSA) is 17.1 Å². The number of hydrogen-bond donors (Lipinski definition) is 0. The van der Waals surface area contributed by atoms with Crippen molar-refractivity contribution in [3.8, 4) is 0 Å². The van der Waals surface area contributed by atoms with E-state index < -0.39 is 17.4 Å². The fourth-order valence-electron chi connectivity index (χ4n) is 0.791. The number of Topliss-reactive ketones (excluding diaryl/α,β-unsaturated/α-hetero) is 1. The summed E-state index contributed by atoms with van der Waals surface area (Å²) in [6, 6.07) is 3.40. The van der Waals surface area contributed by atoms with Crippen LogP contribution in [0.4, 0.5) is 8.78 Å². The first-order valence-corrected chi connectivity index (χ1v) is 3.73. The smallest absolute Gasteiger partial charge is 0.180 e. The minimum absolute atomic E-state index is 0.301. The largest absolute Gasteiger partial charge is 0.293 e. The summed E-state index contributed by atoms with van der Waals surface area (Å²) in [5.41, 5.74) is -0.301. The summed E-state index contributed by atoms with van der Waals surface area (Å²) in [5, 5.41) is 0. The predicted octanol–water partition coefficient (Wildman–Crippen LogP) is 2.39. The molecule has 1 nitrogen and oxygen atoms in total. The van der Waals surface area contributed by atoms with Crippen LogP contribution in [0.2, 0.25) is 0 Å². The van der Waals surface area contributed by atoms with Gasteiger partial charge in [0.25, 0.3) is 0 Å². The fourth-order valence-corrected chi connectivity index (χ4v) is 0.935. The average Bonchev–Trinajstić information content (AvgIpc) is 2.08. The maximum atomic E-state index is 12.8. The second kappa shape index (κ2) is 3.63. The van der Waals surface area contributed by atoms with Crippen LogP contribution in [-0.2, 0) is 0 Å². The molecule has 0 saturated carbocycles. The van der Waals surface area contributed by atoms with E-state index in [4.69, 9.17) is 11.6 Å². The van der Waals surface area contributed by atoms with Crippen molar-refractivity contribution in [2.45, 2.75) is 0 Å². The number of carbonyl (C=O) groups is 1. The number of halogens is 3. The molecule has 0 unspecified atom stereocenters. The molecule has 0 fully saturated rings. The second-order valence-electron chi connectivity index (χ2n) is 2.16. The Hall–Kier alpha value is -0.960. The zero-order valence-corrected chi connectivity index (χ0v) is 6.74. The van der Waals surface area contributed by atoms with Gasteiger partial charge in [0.2, 0.25) is 0 Å². The minimum atomic E-state index is -1.14. The third-order valence-corrected chi connectivity index (χ3v) is 1.62. The number of alkyl halides is 1. The van der Waals surface area contributed by atoms with Crippen molar-refractivity contribution in [2.75, 3.05) is 5.88 Å². The van der Waals surface area contributed by atoms with Crippen molar-refractivity contribution >= 4 is 17.4 Å². The Balaban J connectivity index is 3.16. The summed E-state index contributed by atoms with van der Waals surface area (Å²) < 4.78 is 25.3. The second-order valence-corrected chi connectivity index (χ2v) is 2.43.